The first kappa shape index (κ1) is 18.1. The molecular weight excluding hydrogens is 286 g/mol. The third-order valence-electron chi connectivity index (χ3n) is 3.36. The summed E-state index contributed by atoms with van der Waals surface area (Å²) in [5.41, 5.74) is 0. The largest absolute Gasteiger partial charge is 0.463 e. The molecule has 0 saturated heterocycles. The van der Waals surface area contributed by atoms with Gasteiger partial charge in [0.05, 0.1) is 19.1 Å². The number of thioether (sulfide) groups is 1. The fourth-order valence-corrected chi connectivity index (χ4v) is 3.18. The molecular formula is C15H29N3O2S. The zero-order valence-corrected chi connectivity index (χ0v) is 14.5. The maximum atomic E-state index is 11.5. The van der Waals surface area contributed by atoms with Gasteiger partial charge in [-0.05, 0) is 46.3 Å². The minimum Gasteiger partial charge on any atom is -0.463 e. The normalized spacial score (nSPS) is 22.4. The average Bonchev–Trinajstić information content (AvgIpc) is 2.85. The first-order chi connectivity index (χ1) is 10.0. The van der Waals surface area contributed by atoms with Crippen molar-refractivity contribution in [1.29, 1.82) is 0 Å². The van der Waals surface area contributed by atoms with Crippen LogP contribution in [0.15, 0.2) is 4.99 Å². The van der Waals surface area contributed by atoms with Gasteiger partial charge in [0.1, 0.15) is 0 Å². The predicted octanol–water partition coefficient (Wildman–Crippen LogP) is 2.17. The Morgan fingerprint density at radius 1 is 1.43 bits per heavy atom. The lowest BCUT2D eigenvalue weighted by atomic mass is 10.2. The van der Waals surface area contributed by atoms with E-state index in [0.29, 0.717) is 19.0 Å². The minimum atomic E-state index is -0.187. The first-order valence-electron chi connectivity index (χ1n) is 7.82. The van der Waals surface area contributed by atoms with Crippen LogP contribution >= 0.6 is 11.8 Å². The van der Waals surface area contributed by atoms with Crippen LogP contribution in [0.2, 0.25) is 0 Å². The number of aliphatic imine (C=N–C) groups is 1. The summed E-state index contributed by atoms with van der Waals surface area (Å²) in [7, 11) is 0. The van der Waals surface area contributed by atoms with Crippen LogP contribution in [0.5, 0.6) is 0 Å². The molecule has 1 fully saturated rings. The number of guanidine groups is 1. The van der Waals surface area contributed by atoms with Crippen molar-refractivity contribution in [2.24, 2.45) is 4.99 Å². The fraction of sp³-hybridized carbons (Fsp3) is 0.867. The summed E-state index contributed by atoms with van der Waals surface area (Å²) in [6.45, 7) is 7.04. The number of rotatable bonds is 7. The van der Waals surface area contributed by atoms with E-state index < -0.39 is 0 Å². The van der Waals surface area contributed by atoms with E-state index in [-0.39, 0.29) is 12.1 Å². The zero-order valence-electron chi connectivity index (χ0n) is 13.6. The van der Waals surface area contributed by atoms with E-state index in [2.05, 4.69) is 21.9 Å². The monoisotopic (exact) mass is 315 g/mol. The molecule has 0 aliphatic heterocycles. The number of carbonyl (C=O) groups is 1. The number of nitrogens with zero attached hydrogens (tertiary/aromatic N) is 1. The van der Waals surface area contributed by atoms with Crippen molar-refractivity contribution in [3.05, 3.63) is 0 Å². The van der Waals surface area contributed by atoms with Crippen LogP contribution in [0.3, 0.4) is 0 Å². The van der Waals surface area contributed by atoms with Crippen molar-refractivity contribution in [1.82, 2.24) is 10.6 Å². The third kappa shape index (κ3) is 7.60. The Labute approximate surface area is 132 Å². The quantitative estimate of drug-likeness (QED) is 0.428. The van der Waals surface area contributed by atoms with Crippen LogP contribution in [-0.4, -0.2) is 48.7 Å². The summed E-state index contributed by atoms with van der Waals surface area (Å²) in [6, 6.07) is 0.489. The smallest absolute Gasteiger partial charge is 0.307 e. The number of nitrogens with one attached hydrogen (secondary N) is 2. The van der Waals surface area contributed by atoms with Gasteiger partial charge in [-0.15, -0.1) is 0 Å². The molecule has 1 aliphatic rings. The Morgan fingerprint density at radius 2 is 2.19 bits per heavy atom. The molecule has 2 N–H and O–H groups in total. The molecule has 1 aliphatic carbocycles. The van der Waals surface area contributed by atoms with Crippen molar-refractivity contribution >= 4 is 23.7 Å². The second kappa shape index (κ2) is 9.92. The molecule has 0 spiro atoms. The van der Waals surface area contributed by atoms with Crippen molar-refractivity contribution < 1.29 is 9.53 Å². The molecule has 1 rings (SSSR count). The number of hydrogen-bond acceptors (Lipinski definition) is 4. The first-order valence-corrected chi connectivity index (χ1v) is 9.11. The maximum Gasteiger partial charge on any atom is 0.307 e. The lowest BCUT2D eigenvalue weighted by Gasteiger charge is -2.17. The summed E-state index contributed by atoms with van der Waals surface area (Å²) in [4.78, 5) is 15.9. The molecule has 0 bridgehead atoms. The lowest BCUT2D eigenvalue weighted by molar-refractivity contribution is -0.147. The van der Waals surface area contributed by atoms with Crippen molar-refractivity contribution in [2.75, 3.05) is 19.3 Å². The second-order valence-corrected chi connectivity index (χ2v) is 6.70. The van der Waals surface area contributed by atoms with Gasteiger partial charge in [0.25, 0.3) is 0 Å². The van der Waals surface area contributed by atoms with Gasteiger partial charge in [-0.2, -0.15) is 11.8 Å². The van der Waals surface area contributed by atoms with E-state index in [4.69, 9.17) is 4.74 Å². The summed E-state index contributed by atoms with van der Waals surface area (Å²) in [5.74, 6) is 0.620. The van der Waals surface area contributed by atoms with Crippen molar-refractivity contribution in [3.63, 3.8) is 0 Å². The van der Waals surface area contributed by atoms with E-state index in [9.17, 15) is 4.79 Å². The molecule has 2 atom stereocenters. The molecule has 0 aromatic rings. The molecule has 0 radical (unpaired) electrons. The molecule has 0 heterocycles. The van der Waals surface area contributed by atoms with E-state index >= 15 is 0 Å². The summed E-state index contributed by atoms with van der Waals surface area (Å²) in [5, 5.41) is 7.46. The Morgan fingerprint density at radius 3 is 2.76 bits per heavy atom. The van der Waals surface area contributed by atoms with Gasteiger partial charge in [0.15, 0.2) is 5.96 Å². The number of hydrogen-bond donors (Lipinski definition) is 2. The highest BCUT2D eigenvalue weighted by Gasteiger charge is 2.24. The van der Waals surface area contributed by atoms with Gasteiger partial charge >= 0.3 is 5.97 Å². The van der Waals surface area contributed by atoms with E-state index in [1.807, 2.05) is 32.5 Å². The molecule has 21 heavy (non-hydrogen) atoms. The van der Waals surface area contributed by atoms with Gasteiger partial charge in [-0.1, -0.05) is 0 Å². The summed E-state index contributed by atoms with van der Waals surface area (Å²) >= 11 is 1.94. The highest BCUT2D eigenvalue weighted by atomic mass is 32.2. The van der Waals surface area contributed by atoms with Crippen LogP contribution in [0.1, 0.15) is 46.5 Å². The number of ether oxygens (including phenoxy) is 1. The van der Waals surface area contributed by atoms with Crippen LogP contribution in [-0.2, 0) is 9.53 Å². The van der Waals surface area contributed by atoms with Crippen molar-refractivity contribution in [3.8, 4) is 0 Å². The maximum absolute atomic E-state index is 11.5. The lowest BCUT2D eigenvalue weighted by Crippen LogP contribution is -2.42. The zero-order chi connectivity index (χ0) is 15.7. The van der Waals surface area contributed by atoms with Gasteiger partial charge in [0, 0.05) is 17.8 Å². The van der Waals surface area contributed by atoms with E-state index in [0.717, 1.165) is 17.8 Å². The van der Waals surface area contributed by atoms with Crippen LogP contribution in [0.25, 0.3) is 0 Å². The Kier molecular flexibility index (Phi) is 8.57. The number of carbonyl (C=O) groups excluding carboxylic acids is 1. The number of esters is 1. The van der Waals surface area contributed by atoms with Gasteiger partial charge in [-0.3, -0.25) is 9.79 Å². The molecule has 0 amide bonds. The van der Waals surface area contributed by atoms with E-state index in [1.54, 1.807) is 0 Å². The minimum absolute atomic E-state index is 0.0604. The molecule has 122 valence electrons. The fourth-order valence-electron chi connectivity index (χ4n) is 2.38. The molecule has 1 saturated carbocycles. The summed E-state index contributed by atoms with van der Waals surface area (Å²) < 4.78 is 5.10. The van der Waals surface area contributed by atoms with Crippen LogP contribution < -0.4 is 10.6 Å². The topological polar surface area (TPSA) is 62.7 Å². The second-order valence-electron chi connectivity index (χ2n) is 5.56. The van der Waals surface area contributed by atoms with Crippen LogP contribution in [0, 0.1) is 0 Å². The molecule has 0 aromatic heterocycles. The SMILES string of the molecule is CCNC(=NCCC(=O)OC(C)C)NC1CCC(SC)C1. The van der Waals surface area contributed by atoms with Crippen LogP contribution in [0.4, 0.5) is 0 Å². The Balaban J connectivity index is 2.37. The molecule has 0 aromatic carbocycles. The summed E-state index contributed by atoms with van der Waals surface area (Å²) in [6.07, 6.45) is 6.07. The molecule has 2 unspecified atom stereocenters. The highest BCUT2D eigenvalue weighted by molar-refractivity contribution is 7.99. The Hall–Kier alpha value is -0.910. The highest BCUT2D eigenvalue weighted by Crippen LogP contribution is 2.27. The Bertz CT molecular complexity index is 348. The van der Waals surface area contributed by atoms with E-state index in [1.165, 1.54) is 19.3 Å². The van der Waals surface area contributed by atoms with Gasteiger partial charge < -0.3 is 15.4 Å². The molecule has 5 nitrogen and oxygen atoms in total. The standard InChI is InChI=1S/C15H29N3O2S/c1-5-16-15(17-9-8-14(19)20-11(2)3)18-12-6-7-13(10-12)21-4/h11-13H,5-10H2,1-4H3,(H2,16,17,18). The molecule has 6 heteroatoms. The third-order valence-corrected chi connectivity index (χ3v) is 4.45. The predicted molar refractivity (Wildman–Crippen MR) is 89.9 cm³/mol. The van der Waals surface area contributed by atoms with Crippen molar-refractivity contribution in [2.45, 2.75) is 63.9 Å². The van der Waals surface area contributed by atoms with Gasteiger partial charge in [0.2, 0.25) is 0 Å². The average molecular weight is 315 g/mol. The van der Waals surface area contributed by atoms with Gasteiger partial charge in [-0.25, -0.2) is 0 Å².